The molecule has 66 valence electrons. The molecule has 0 rings (SSSR count). The fourth-order valence-electron chi connectivity index (χ4n) is 0.247. The summed E-state index contributed by atoms with van der Waals surface area (Å²) in [4.78, 5) is 0. The Hall–Kier alpha value is -0.370. The highest BCUT2D eigenvalue weighted by Crippen LogP contribution is 1.88. The van der Waals surface area contributed by atoms with Crippen LogP contribution in [-0.4, -0.2) is 30.8 Å². The molecule has 0 radical (unpaired) electrons. The van der Waals surface area contributed by atoms with Gasteiger partial charge in [0.05, 0.1) is 0 Å². The van der Waals surface area contributed by atoms with E-state index in [0.717, 1.165) is 0 Å². The van der Waals surface area contributed by atoms with Crippen molar-refractivity contribution >= 4 is 27.8 Å². The van der Waals surface area contributed by atoms with Crippen LogP contribution in [0.2, 0.25) is 0 Å². The molecular formula is C3H6ClN2O4S-. The Balaban J connectivity index is 4.48. The van der Waals surface area contributed by atoms with Crippen LogP contribution in [0.15, 0.2) is 4.40 Å². The van der Waals surface area contributed by atoms with E-state index in [2.05, 4.69) is 4.40 Å². The third kappa shape index (κ3) is 4.96. The van der Waals surface area contributed by atoms with Gasteiger partial charge in [0.2, 0.25) is 0 Å². The molecule has 0 fully saturated rings. The standard InChI is InChI=1S/C3H7ClN2O4S/c4-1-2(5)3(7)6-11(8,9)10/h2H,1,5H2,(H,6,7)(H,8,9,10)/p-1/t2-/m0/s1. The molecule has 0 saturated heterocycles. The van der Waals surface area contributed by atoms with Gasteiger partial charge in [0, 0.05) is 11.9 Å². The minimum atomic E-state index is -4.64. The molecule has 0 unspecified atom stereocenters. The maximum atomic E-state index is 10.5. The third-order valence-corrected chi connectivity index (χ3v) is 1.43. The van der Waals surface area contributed by atoms with E-state index in [1.54, 1.807) is 0 Å². The number of hydrogen-bond donors (Lipinski definition) is 2. The van der Waals surface area contributed by atoms with Crippen molar-refractivity contribution in [1.82, 2.24) is 0 Å². The van der Waals surface area contributed by atoms with Gasteiger partial charge in [-0.3, -0.25) is 4.55 Å². The Bertz CT molecular complexity index is 248. The van der Waals surface area contributed by atoms with E-state index in [0.29, 0.717) is 0 Å². The summed E-state index contributed by atoms with van der Waals surface area (Å²) in [5, 5.41) is 10.5. The highest BCUT2D eigenvalue weighted by Gasteiger charge is 2.03. The van der Waals surface area contributed by atoms with Gasteiger partial charge in [0.15, 0.2) is 0 Å². The largest absolute Gasteiger partial charge is 0.860 e. The van der Waals surface area contributed by atoms with E-state index in [-0.39, 0.29) is 5.88 Å². The van der Waals surface area contributed by atoms with E-state index >= 15 is 0 Å². The first-order chi connectivity index (χ1) is 4.87. The van der Waals surface area contributed by atoms with Crippen molar-refractivity contribution in [3.63, 3.8) is 0 Å². The van der Waals surface area contributed by atoms with Gasteiger partial charge in [0.1, 0.15) is 0 Å². The molecule has 3 N–H and O–H groups in total. The van der Waals surface area contributed by atoms with Crippen LogP contribution >= 0.6 is 11.6 Å². The molecule has 0 aliphatic rings. The van der Waals surface area contributed by atoms with Gasteiger partial charge in [-0.15, -0.1) is 11.6 Å². The van der Waals surface area contributed by atoms with Gasteiger partial charge in [0.25, 0.3) is 0 Å². The lowest BCUT2D eigenvalue weighted by Gasteiger charge is -2.13. The smallest absolute Gasteiger partial charge is 0.377 e. The second-order valence-corrected chi connectivity index (χ2v) is 3.03. The number of nitrogens with zero attached hydrogens (tertiary/aromatic N) is 1. The number of halogens is 1. The summed E-state index contributed by atoms with van der Waals surface area (Å²) >= 11 is 5.09. The molecule has 8 heteroatoms. The summed E-state index contributed by atoms with van der Waals surface area (Å²) in [7, 11) is -4.64. The molecule has 0 aromatic carbocycles. The van der Waals surface area contributed by atoms with Crippen molar-refractivity contribution in [1.29, 1.82) is 0 Å². The maximum absolute atomic E-state index is 10.5. The van der Waals surface area contributed by atoms with Crippen LogP contribution in [-0.2, 0) is 10.3 Å². The van der Waals surface area contributed by atoms with Crippen molar-refractivity contribution < 1.29 is 18.1 Å². The zero-order valence-corrected chi connectivity index (χ0v) is 6.84. The predicted octanol–water partition coefficient (Wildman–Crippen LogP) is -1.89. The van der Waals surface area contributed by atoms with Crippen LogP contribution < -0.4 is 10.8 Å². The molecular weight excluding hydrogens is 196 g/mol. The monoisotopic (exact) mass is 201 g/mol. The van der Waals surface area contributed by atoms with Crippen LogP contribution in [0.3, 0.4) is 0 Å². The van der Waals surface area contributed by atoms with Crippen LogP contribution in [0.25, 0.3) is 0 Å². The van der Waals surface area contributed by atoms with Crippen molar-refractivity contribution in [2.45, 2.75) is 6.04 Å². The van der Waals surface area contributed by atoms with E-state index in [4.69, 9.17) is 21.9 Å². The molecule has 0 spiro atoms. The molecule has 0 heterocycles. The SMILES string of the molecule is N[C@@H](CCl)C([O-])=NS(=O)(=O)O. The lowest BCUT2D eigenvalue weighted by atomic mass is 10.4. The summed E-state index contributed by atoms with van der Waals surface area (Å²) in [6.45, 7) is 0. The second kappa shape index (κ2) is 3.86. The van der Waals surface area contributed by atoms with Crippen LogP contribution in [0.1, 0.15) is 0 Å². The Morgan fingerprint density at radius 3 is 2.55 bits per heavy atom. The van der Waals surface area contributed by atoms with E-state index in [1.165, 1.54) is 0 Å². The molecule has 11 heavy (non-hydrogen) atoms. The first-order valence-corrected chi connectivity index (χ1v) is 4.36. The topological polar surface area (TPSA) is 116 Å². The normalized spacial score (nSPS) is 16.5. The molecule has 1 atom stereocenters. The first-order valence-electron chi connectivity index (χ1n) is 2.42. The van der Waals surface area contributed by atoms with Crippen molar-refractivity contribution in [3.8, 4) is 0 Å². The highest BCUT2D eigenvalue weighted by molar-refractivity contribution is 7.84. The molecule has 0 saturated carbocycles. The Kier molecular flexibility index (Phi) is 3.73. The molecule has 0 aliphatic heterocycles. The molecule has 0 aromatic rings. The summed E-state index contributed by atoms with van der Waals surface area (Å²) in [6.07, 6.45) is 0. The number of rotatable bonds is 3. The highest BCUT2D eigenvalue weighted by atomic mass is 35.5. The number of hydrogen-bond acceptors (Lipinski definition) is 4. The van der Waals surface area contributed by atoms with Gasteiger partial charge in [-0.1, -0.05) is 0 Å². The quantitative estimate of drug-likeness (QED) is 0.240. The summed E-state index contributed by atoms with van der Waals surface area (Å²) in [6, 6.07) is -1.20. The lowest BCUT2D eigenvalue weighted by molar-refractivity contribution is -0.219. The first kappa shape index (κ1) is 10.6. The van der Waals surface area contributed by atoms with E-state index < -0.39 is 22.2 Å². The summed E-state index contributed by atoms with van der Waals surface area (Å²) < 4.78 is 30.2. The maximum Gasteiger partial charge on any atom is 0.377 e. The van der Waals surface area contributed by atoms with Gasteiger partial charge in [-0.05, 0) is 5.90 Å². The second-order valence-electron chi connectivity index (χ2n) is 1.64. The fourth-order valence-corrected chi connectivity index (χ4v) is 0.742. The summed E-state index contributed by atoms with van der Waals surface area (Å²) in [5.41, 5.74) is 4.97. The van der Waals surface area contributed by atoms with Crippen LogP contribution in [0, 0.1) is 0 Å². The van der Waals surface area contributed by atoms with Gasteiger partial charge in [-0.2, -0.15) is 12.8 Å². The van der Waals surface area contributed by atoms with Gasteiger partial charge in [-0.25, -0.2) is 0 Å². The average molecular weight is 202 g/mol. The van der Waals surface area contributed by atoms with E-state index in [9.17, 15) is 13.5 Å². The molecule has 0 amide bonds. The third-order valence-electron chi connectivity index (χ3n) is 0.689. The number of nitrogens with two attached hydrogens (primary N) is 1. The summed E-state index contributed by atoms with van der Waals surface area (Å²) in [5.74, 6) is -1.42. The minimum absolute atomic E-state index is 0.252. The van der Waals surface area contributed by atoms with Crippen LogP contribution in [0.5, 0.6) is 0 Å². The van der Waals surface area contributed by atoms with Gasteiger partial charge >= 0.3 is 10.3 Å². The number of alkyl halides is 1. The average Bonchev–Trinajstić information content (AvgIpc) is 1.82. The van der Waals surface area contributed by atoms with Crippen molar-refractivity contribution in [2.75, 3.05) is 5.88 Å². The van der Waals surface area contributed by atoms with Crippen molar-refractivity contribution in [2.24, 2.45) is 10.1 Å². The predicted molar refractivity (Wildman–Crippen MR) is 37.7 cm³/mol. The Labute approximate surface area is 68.6 Å². The van der Waals surface area contributed by atoms with Gasteiger partial charge < -0.3 is 10.8 Å². The molecule has 0 aromatic heterocycles. The van der Waals surface area contributed by atoms with Crippen LogP contribution in [0.4, 0.5) is 0 Å². The van der Waals surface area contributed by atoms with E-state index in [1.807, 2.05) is 0 Å². The Morgan fingerprint density at radius 2 is 2.27 bits per heavy atom. The molecule has 0 bridgehead atoms. The minimum Gasteiger partial charge on any atom is -0.860 e. The molecule has 0 aliphatic carbocycles. The lowest BCUT2D eigenvalue weighted by Crippen LogP contribution is -2.41. The zero-order chi connectivity index (χ0) is 9.07. The zero-order valence-electron chi connectivity index (χ0n) is 5.27. The Morgan fingerprint density at radius 1 is 1.82 bits per heavy atom. The fraction of sp³-hybridized carbons (Fsp3) is 0.667. The van der Waals surface area contributed by atoms with Crippen molar-refractivity contribution in [3.05, 3.63) is 0 Å². The molecule has 6 nitrogen and oxygen atoms in total.